The maximum absolute atomic E-state index is 11.2. The topological polar surface area (TPSA) is 39.4 Å². The number of hydrogen-bond acceptors (Lipinski definition) is 3. The zero-order valence-electron chi connectivity index (χ0n) is 13.0. The van der Waals surface area contributed by atoms with Crippen molar-refractivity contribution in [1.29, 1.82) is 0 Å². The van der Waals surface area contributed by atoms with Gasteiger partial charge in [0, 0.05) is 5.39 Å². The van der Waals surface area contributed by atoms with Crippen LogP contribution in [0.25, 0.3) is 11.0 Å². The predicted octanol–water partition coefficient (Wildman–Crippen LogP) is 4.75. The van der Waals surface area contributed by atoms with Gasteiger partial charge in [0.05, 0.1) is 11.8 Å². The van der Waals surface area contributed by atoms with Crippen molar-refractivity contribution in [2.45, 2.75) is 27.4 Å². The summed E-state index contributed by atoms with van der Waals surface area (Å²) in [5.74, 6) is 0.628. The summed E-state index contributed by atoms with van der Waals surface area (Å²) in [6.45, 7) is 6.44. The summed E-state index contributed by atoms with van der Waals surface area (Å²) in [5.41, 5.74) is 5.83. The third-order valence-electron chi connectivity index (χ3n) is 3.94. The first-order valence-electron chi connectivity index (χ1n) is 7.24. The smallest absolute Gasteiger partial charge is 0.153 e. The number of carbonyl (C=O) groups is 1. The lowest BCUT2D eigenvalue weighted by molar-refractivity contribution is 0.111. The van der Waals surface area contributed by atoms with Crippen LogP contribution in [0.3, 0.4) is 0 Å². The first-order chi connectivity index (χ1) is 10.6. The molecule has 0 bridgehead atoms. The highest BCUT2D eigenvalue weighted by atomic mass is 16.5. The Morgan fingerprint density at radius 2 is 1.82 bits per heavy atom. The quantitative estimate of drug-likeness (QED) is 0.652. The molecule has 3 heteroatoms. The van der Waals surface area contributed by atoms with Gasteiger partial charge in [-0.1, -0.05) is 0 Å². The Hall–Kier alpha value is -2.55. The average molecular weight is 294 g/mol. The van der Waals surface area contributed by atoms with Gasteiger partial charge in [-0.25, -0.2) is 0 Å². The van der Waals surface area contributed by atoms with Crippen LogP contribution in [0.5, 0.6) is 5.75 Å². The van der Waals surface area contributed by atoms with E-state index in [9.17, 15) is 4.79 Å². The Balaban J connectivity index is 1.87. The minimum Gasteiger partial charge on any atom is -0.488 e. The van der Waals surface area contributed by atoms with E-state index in [4.69, 9.17) is 9.15 Å². The molecule has 112 valence electrons. The third kappa shape index (κ3) is 2.62. The van der Waals surface area contributed by atoms with E-state index in [-0.39, 0.29) is 0 Å². The highest BCUT2D eigenvalue weighted by Gasteiger charge is 2.08. The molecule has 0 radical (unpaired) electrons. The van der Waals surface area contributed by atoms with E-state index >= 15 is 0 Å². The largest absolute Gasteiger partial charge is 0.488 e. The van der Waals surface area contributed by atoms with Gasteiger partial charge in [-0.05, 0) is 73.4 Å². The van der Waals surface area contributed by atoms with Crippen molar-refractivity contribution in [3.63, 3.8) is 0 Å². The fraction of sp³-hybridized carbons (Fsp3) is 0.211. The Bertz CT molecular complexity index is 843. The fourth-order valence-corrected chi connectivity index (χ4v) is 2.61. The molecule has 0 saturated heterocycles. The molecule has 0 spiro atoms. The first kappa shape index (κ1) is 14.4. The summed E-state index contributed by atoms with van der Waals surface area (Å²) in [5, 5.41) is 1.06. The number of fused-ring (bicyclic) bond motifs is 1. The van der Waals surface area contributed by atoms with Gasteiger partial charge in [0.25, 0.3) is 0 Å². The monoisotopic (exact) mass is 294 g/mol. The summed E-state index contributed by atoms with van der Waals surface area (Å²) < 4.78 is 11.3. The van der Waals surface area contributed by atoms with Crippen LogP contribution in [-0.4, -0.2) is 6.29 Å². The lowest BCUT2D eigenvalue weighted by Gasteiger charge is -2.12. The molecule has 0 aliphatic carbocycles. The average Bonchev–Trinajstić information content (AvgIpc) is 2.97. The van der Waals surface area contributed by atoms with Crippen LogP contribution in [-0.2, 0) is 6.61 Å². The minimum absolute atomic E-state index is 0.422. The maximum atomic E-state index is 11.2. The van der Waals surface area contributed by atoms with Gasteiger partial charge < -0.3 is 9.15 Å². The van der Waals surface area contributed by atoms with Crippen molar-refractivity contribution in [1.82, 2.24) is 0 Å². The number of benzene rings is 2. The summed E-state index contributed by atoms with van der Waals surface area (Å²) >= 11 is 0. The van der Waals surface area contributed by atoms with Crippen LogP contribution in [0.4, 0.5) is 0 Å². The Morgan fingerprint density at radius 3 is 2.59 bits per heavy atom. The molecule has 0 aliphatic heterocycles. The first-order valence-corrected chi connectivity index (χ1v) is 7.24. The molecule has 3 nitrogen and oxygen atoms in total. The highest BCUT2D eigenvalue weighted by molar-refractivity contribution is 5.81. The Kier molecular flexibility index (Phi) is 3.72. The van der Waals surface area contributed by atoms with Crippen molar-refractivity contribution >= 4 is 17.3 Å². The van der Waals surface area contributed by atoms with E-state index in [2.05, 4.69) is 0 Å². The molecule has 0 atom stereocenters. The van der Waals surface area contributed by atoms with Gasteiger partial charge >= 0.3 is 0 Å². The molecule has 2 aromatic carbocycles. The number of rotatable bonds is 4. The van der Waals surface area contributed by atoms with Gasteiger partial charge in [-0.2, -0.15) is 0 Å². The summed E-state index contributed by atoms with van der Waals surface area (Å²) in [4.78, 5) is 11.2. The molecular weight excluding hydrogens is 276 g/mol. The number of furan rings is 1. The summed E-state index contributed by atoms with van der Waals surface area (Å²) in [6.07, 6.45) is 2.53. The van der Waals surface area contributed by atoms with E-state index in [1.165, 1.54) is 0 Å². The lowest BCUT2D eigenvalue weighted by atomic mass is 10.1. The van der Waals surface area contributed by atoms with E-state index in [0.29, 0.717) is 17.9 Å². The van der Waals surface area contributed by atoms with Crippen molar-refractivity contribution in [2.75, 3.05) is 0 Å². The maximum Gasteiger partial charge on any atom is 0.153 e. The predicted molar refractivity (Wildman–Crippen MR) is 86.6 cm³/mol. The number of carbonyl (C=O) groups excluding carboxylic acids is 1. The molecule has 3 aromatic rings. The van der Waals surface area contributed by atoms with Gasteiger partial charge in [0.2, 0.25) is 0 Å². The zero-order chi connectivity index (χ0) is 15.7. The molecule has 0 amide bonds. The standard InChI is InChI=1S/C19H18O3/c1-12-7-17(10-20)18(8-13(12)2)22-11-15-6-14(3)19-16(9-15)4-5-21-19/h4-10H,11H2,1-3H3. The van der Waals surface area contributed by atoms with E-state index in [0.717, 1.165) is 39.5 Å². The third-order valence-corrected chi connectivity index (χ3v) is 3.94. The Labute approximate surface area is 129 Å². The molecule has 1 aromatic heterocycles. The molecule has 0 N–H and O–H groups in total. The van der Waals surface area contributed by atoms with Crippen LogP contribution in [0.15, 0.2) is 41.0 Å². The number of ether oxygens (including phenoxy) is 1. The Morgan fingerprint density at radius 1 is 1.05 bits per heavy atom. The van der Waals surface area contributed by atoms with Crippen molar-refractivity contribution in [3.05, 3.63) is 64.4 Å². The number of aryl methyl sites for hydroxylation is 3. The summed E-state index contributed by atoms with van der Waals surface area (Å²) in [7, 11) is 0. The molecule has 0 aliphatic rings. The summed E-state index contributed by atoms with van der Waals surface area (Å²) in [6, 6.07) is 9.82. The van der Waals surface area contributed by atoms with E-state index in [1.807, 2.05) is 51.1 Å². The second-order valence-electron chi connectivity index (χ2n) is 5.63. The van der Waals surface area contributed by atoms with E-state index < -0.39 is 0 Å². The minimum atomic E-state index is 0.422. The van der Waals surface area contributed by atoms with E-state index in [1.54, 1.807) is 6.26 Å². The van der Waals surface area contributed by atoms with Gasteiger partial charge in [0.1, 0.15) is 17.9 Å². The van der Waals surface area contributed by atoms with Crippen molar-refractivity contribution in [3.8, 4) is 5.75 Å². The molecule has 22 heavy (non-hydrogen) atoms. The van der Waals surface area contributed by atoms with Crippen molar-refractivity contribution in [2.24, 2.45) is 0 Å². The zero-order valence-corrected chi connectivity index (χ0v) is 13.0. The van der Waals surface area contributed by atoms with Crippen LogP contribution < -0.4 is 4.74 Å². The lowest BCUT2D eigenvalue weighted by Crippen LogP contribution is -2.00. The highest BCUT2D eigenvalue weighted by Crippen LogP contribution is 2.25. The van der Waals surface area contributed by atoms with Crippen molar-refractivity contribution < 1.29 is 13.9 Å². The van der Waals surface area contributed by atoms with Crippen LogP contribution in [0.2, 0.25) is 0 Å². The molecular formula is C19H18O3. The van der Waals surface area contributed by atoms with Gasteiger partial charge in [-0.3, -0.25) is 4.79 Å². The molecule has 1 heterocycles. The molecule has 0 saturated carbocycles. The SMILES string of the molecule is Cc1cc(C=O)c(OCc2cc(C)c3occc3c2)cc1C. The number of hydrogen-bond donors (Lipinski definition) is 0. The molecule has 0 fully saturated rings. The van der Waals surface area contributed by atoms with Gasteiger partial charge in [0.15, 0.2) is 6.29 Å². The fourth-order valence-electron chi connectivity index (χ4n) is 2.61. The van der Waals surface area contributed by atoms with Crippen LogP contribution >= 0.6 is 0 Å². The molecule has 3 rings (SSSR count). The van der Waals surface area contributed by atoms with Gasteiger partial charge in [-0.15, -0.1) is 0 Å². The van der Waals surface area contributed by atoms with Crippen LogP contribution in [0, 0.1) is 20.8 Å². The second-order valence-corrected chi connectivity index (χ2v) is 5.63. The molecule has 0 unspecified atom stereocenters. The van der Waals surface area contributed by atoms with Crippen LogP contribution in [0.1, 0.15) is 32.6 Å². The second kappa shape index (κ2) is 5.68. The normalized spacial score (nSPS) is 10.9. The number of aldehydes is 1.